The normalized spacial score (nSPS) is 13.4. The van der Waals surface area contributed by atoms with Crippen LogP contribution in [0.4, 0.5) is 0 Å². The number of hydrogen-bond acceptors (Lipinski definition) is 4. The summed E-state index contributed by atoms with van der Waals surface area (Å²) in [6, 6.07) is 5.54. The van der Waals surface area contributed by atoms with E-state index in [1.54, 1.807) is 0 Å². The Kier molecular flexibility index (Phi) is 2.00. The highest BCUT2D eigenvalue weighted by Crippen LogP contribution is 2.17. The van der Waals surface area contributed by atoms with E-state index in [2.05, 4.69) is 4.98 Å². The minimum atomic E-state index is -0.130. The van der Waals surface area contributed by atoms with Crippen LogP contribution in [0.2, 0.25) is 0 Å². The third-order valence-electron chi connectivity index (χ3n) is 2.04. The Morgan fingerprint density at radius 2 is 2.31 bits per heavy atom. The highest BCUT2D eigenvalue weighted by Gasteiger charge is 2.05. The van der Waals surface area contributed by atoms with Crippen molar-refractivity contribution in [3.63, 3.8) is 0 Å². The number of oxazole rings is 1. The molecule has 0 amide bonds. The maximum absolute atomic E-state index is 5.77. The Balaban J connectivity index is 2.48. The summed E-state index contributed by atoms with van der Waals surface area (Å²) in [4.78, 5) is 4.01. The van der Waals surface area contributed by atoms with E-state index in [0.29, 0.717) is 6.54 Å². The Labute approximate surface area is 75.5 Å². The van der Waals surface area contributed by atoms with Gasteiger partial charge in [-0.3, -0.25) is 0 Å². The maximum atomic E-state index is 5.77. The summed E-state index contributed by atoms with van der Waals surface area (Å²) < 4.78 is 5.15. The SMILES string of the molecule is NCC(N)c1ccc2ncoc2c1. The molecule has 2 rings (SSSR count). The first-order valence-electron chi connectivity index (χ1n) is 4.10. The van der Waals surface area contributed by atoms with Crippen LogP contribution in [0, 0.1) is 0 Å². The largest absolute Gasteiger partial charge is 0.443 e. The summed E-state index contributed by atoms with van der Waals surface area (Å²) in [7, 11) is 0. The first-order valence-corrected chi connectivity index (χ1v) is 4.10. The van der Waals surface area contributed by atoms with Gasteiger partial charge in [0.2, 0.25) is 0 Å². The molecule has 1 unspecified atom stereocenters. The summed E-state index contributed by atoms with van der Waals surface area (Å²) >= 11 is 0. The fourth-order valence-electron chi connectivity index (χ4n) is 1.24. The van der Waals surface area contributed by atoms with Crippen molar-refractivity contribution in [1.29, 1.82) is 0 Å². The first-order chi connectivity index (χ1) is 6.31. The molecule has 13 heavy (non-hydrogen) atoms. The van der Waals surface area contributed by atoms with Gasteiger partial charge in [-0.05, 0) is 17.7 Å². The fraction of sp³-hybridized carbons (Fsp3) is 0.222. The highest BCUT2D eigenvalue weighted by atomic mass is 16.3. The van der Waals surface area contributed by atoms with E-state index in [1.165, 1.54) is 6.39 Å². The van der Waals surface area contributed by atoms with Gasteiger partial charge >= 0.3 is 0 Å². The molecule has 4 nitrogen and oxygen atoms in total. The smallest absolute Gasteiger partial charge is 0.181 e. The quantitative estimate of drug-likeness (QED) is 0.710. The van der Waals surface area contributed by atoms with E-state index >= 15 is 0 Å². The topological polar surface area (TPSA) is 78.1 Å². The molecule has 0 saturated heterocycles. The molecule has 4 N–H and O–H groups in total. The Morgan fingerprint density at radius 1 is 1.46 bits per heavy atom. The van der Waals surface area contributed by atoms with E-state index < -0.39 is 0 Å². The summed E-state index contributed by atoms with van der Waals surface area (Å²) in [5.41, 5.74) is 13.8. The second kappa shape index (κ2) is 3.16. The highest BCUT2D eigenvalue weighted by molar-refractivity contribution is 5.72. The van der Waals surface area contributed by atoms with E-state index in [0.717, 1.165) is 16.7 Å². The predicted molar refractivity (Wildman–Crippen MR) is 50.0 cm³/mol. The van der Waals surface area contributed by atoms with Gasteiger partial charge in [0.25, 0.3) is 0 Å². The van der Waals surface area contributed by atoms with Gasteiger partial charge in [-0.25, -0.2) is 4.98 Å². The van der Waals surface area contributed by atoms with Crippen LogP contribution >= 0.6 is 0 Å². The fourth-order valence-corrected chi connectivity index (χ4v) is 1.24. The van der Waals surface area contributed by atoms with Crippen LogP contribution in [0.15, 0.2) is 29.0 Å². The van der Waals surface area contributed by atoms with Crippen LogP contribution in [-0.2, 0) is 0 Å². The van der Waals surface area contributed by atoms with Crippen LogP contribution < -0.4 is 11.5 Å². The third kappa shape index (κ3) is 1.41. The van der Waals surface area contributed by atoms with Gasteiger partial charge in [0.1, 0.15) is 5.52 Å². The van der Waals surface area contributed by atoms with Crippen LogP contribution in [0.25, 0.3) is 11.1 Å². The molecule has 0 aliphatic rings. The predicted octanol–water partition coefficient (Wildman–Crippen LogP) is 0.786. The van der Waals surface area contributed by atoms with Crippen molar-refractivity contribution in [3.05, 3.63) is 30.2 Å². The average molecular weight is 177 g/mol. The van der Waals surface area contributed by atoms with Crippen LogP contribution in [0.5, 0.6) is 0 Å². The number of nitrogens with zero attached hydrogens (tertiary/aromatic N) is 1. The number of rotatable bonds is 2. The molecule has 0 radical (unpaired) electrons. The second-order valence-electron chi connectivity index (χ2n) is 2.92. The molecule has 0 fully saturated rings. The minimum Gasteiger partial charge on any atom is -0.443 e. The molecule has 1 heterocycles. The van der Waals surface area contributed by atoms with Crippen LogP contribution in [-0.4, -0.2) is 11.5 Å². The standard InChI is InChI=1S/C9H11N3O/c10-4-7(11)6-1-2-8-9(3-6)13-5-12-8/h1-3,5,7H,4,10-11H2. The monoisotopic (exact) mass is 177 g/mol. The summed E-state index contributed by atoms with van der Waals surface area (Å²) in [5, 5.41) is 0. The molecule has 1 aromatic heterocycles. The van der Waals surface area contributed by atoms with Crippen molar-refractivity contribution in [1.82, 2.24) is 4.98 Å². The van der Waals surface area contributed by atoms with Crippen molar-refractivity contribution in [2.75, 3.05) is 6.54 Å². The van der Waals surface area contributed by atoms with Crippen LogP contribution in [0.3, 0.4) is 0 Å². The molecular formula is C9H11N3O. The lowest BCUT2D eigenvalue weighted by molar-refractivity contribution is 0.600. The number of aromatic nitrogens is 1. The van der Waals surface area contributed by atoms with Gasteiger partial charge < -0.3 is 15.9 Å². The maximum Gasteiger partial charge on any atom is 0.181 e. The van der Waals surface area contributed by atoms with Crippen LogP contribution in [0.1, 0.15) is 11.6 Å². The first kappa shape index (κ1) is 8.22. The number of benzene rings is 1. The average Bonchev–Trinajstić information content (AvgIpc) is 2.63. The number of hydrogen-bond donors (Lipinski definition) is 2. The summed E-state index contributed by atoms with van der Waals surface area (Å²) in [5.74, 6) is 0. The van der Waals surface area contributed by atoms with E-state index in [9.17, 15) is 0 Å². The minimum absolute atomic E-state index is 0.130. The molecule has 0 aliphatic carbocycles. The molecule has 0 spiro atoms. The molecule has 4 heteroatoms. The second-order valence-corrected chi connectivity index (χ2v) is 2.92. The molecule has 1 aromatic carbocycles. The van der Waals surface area contributed by atoms with Gasteiger partial charge in [0.15, 0.2) is 12.0 Å². The van der Waals surface area contributed by atoms with Crippen molar-refractivity contribution < 1.29 is 4.42 Å². The molecule has 2 aromatic rings. The lowest BCUT2D eigenvalue weighted by Crippen LogP contribution is -2.20. The Hall–Kier alpha value is -1.39. The number of fused-ring (bicyclic) bond motifs is 1. The molecule has 68 valence electrons. The number of nitrogens with two attached hydrogens (primary N) is 2. The molecule has 0 saturated carbocycles. The van der Waals surface area contributed by atoms with Gasteiger partial charge in [-0.15, -0.1) is 0 Å². The van der Waals surface area contributed by atoms with Gasteiger partial charge in [0, 0.05) is 12.6 Å². The third-order valence-corrected chi connectivity index (χ3v) is 2.04. The zero-order valence-corrected chi connectivity index (χ0v) is 7.10. The zero-order valence-electron chi connectivity index (χ0n) is 7.10. The molecule has 0 aliphatic heterocycles. The van der Waals surface area contributed by atoms with E-state index in [1.807, 2.05) is 18.2 Å². The Bertz CT molecular complexity index is 410. The molecule has 1 atom stereocenters. The lowest BCUT2D eigenvalue weighted by atomic mass is 10.1. The zero-order chi connectivity index (χ0) is 9.26. The van der Waals surface area contributed by atoms with E-state index in [4.69, 9.17) is 15.9 Å². The molecule has 0 bridgehead atoms. The van der Waals surface area contributed by atoms with Crippen molar-refractivity contribution >= 4 is 11.1 Å². The van der Waals surface area contributed by atoms with Crippen molar-refractivity contribution in [2.45, 2.75) is 6.04 Å². The molecular weight excluding hydrogens is 166 g/mol. The van der Waals surface area contributed by atoms with Crippen molar-refractivity contribution in [3.8, 4) is 0 Å². The summed E-state index contributed by atoms with van der Waals surface area (Å²) in [6.07, 6.45) is 1.42. The van der Waals surface area contributed by atoms with Gasteiger partial charge in [0.05, 0.1) is 0 Å². The summed E-state index contributed by atoms with van der Waals surface area (Å²) in [6.45, 7) is 0.430. The van der Waals surface area contributed by atoms with Gasteiger partial charge in [-0.1, -0.05) is 6.07 Å². The van der Waals surface area contributed by atoms with Crippen molar-refractivity contribution in [2.24, 2.45) is 11.5 Å². The Morgan fingerprint density at radius 3 is 3.08 bits per heavy atom. The van der Waals surface area contributed by atoms with Gasteiger partial charge in [-0.2, -0.15) is 0 Å². The van der Waals surface area contributed by atoms with E-state index in [-0.39, 0.29) is 6.04 Å². The lowest BCUT2D eigenvalue weighted by Gasteiger charge is -2.07.